The van der Waals surface area contributed by atoms with Crippen LogP contribution in [0.25, 0.3) is 0 Å². The van der Waals surface area contributed by atoms with Crippen LogP contribution >= 0.6 is 11.6 Å². The smallest absolute Gasteiger partial charge is 0.258 e. The third kappa shape index (κ3) is 2.95. The number of hydrogen-bond donors (Lipinski definition) is 0. The topological polar surface area (TPSA) is 53.1 Å². The SMILES string of the molecule is O=C1C2C(C(=O)N1OCCN1CCN(c3ccccc3Cl)CC1)[C@H]1C=C[C@@H]2C1. The molecule has 3 fully saturated rings. The number of hydroxylamine groups is 2. The second kappa shape index (κ2) is 7.17. The van der Waals surface area contributed by atoms with Gasteiger partial charge in [0.15, 0.2) is 0 Å². The van der Waals surface area contributed by atoms with E-state index in [0.29, 0.717) is 13.2 Å². The molecule has 7 heteroatoms. The number of allylic oxidation sites excluding steroid dienone is 2. The number of carbonyl (C=O) groups excluding carboxylic acids is 2. The van der Waals surface area contributed by atoms with Crippen LogP contribution in [0.1, 0.15) is 6.42 Å². The van der Waals surface area contributed by atoms with Gasteiger partial charge in [0.2, 0.25) is 0 Å². The van der Waals surface area contributed by atoms with Crippen molar-refractivity contribution in [1.82, 2.24) is 9.96 Å². The number of carbonyl (C=O) groups is 2. The van der Waals surface area contributed by atoms with Crippen molar-refractivity contribution in [3.05, 3.63) is 41.4 Å². The van der Waals surface area contributed by atoms with Gasteiger partial charge < -0.3 is 4.90 Å². The maximum atomic E-state index is 12.6. The van der Waals surface area contributed by atoms with E-state index >= 15 is 0 Å². The first kappa shape index (κ1) is 18.2. The summed E-state index contributed by atoms with van der Waals surface area (Å²) in [6.07, 6.45) is 5.13. The van der Waals surface area contributed by atoms with Crippen molar-refractivity contribution in [2.24, 2.45) is 23.7 Å². The summed E-state index contributed by atoms with van der Waals surface area (Å²) in [6, 6.07) is 7.90. The van der Waals surface area contributed by atoms with Gasteiger partial charge in [0.1, 0.15) is 0 Å². The van der Waals surface area contributed by atoms with E-state index in [-0.39, 0.29) is 35.5 Å². The Labute approximate surface area is 169 Å². The van der Waals surface area contributed by atoms with E-state index in [1.54, 1.807) is 0 Å². The predicted octanol–water partition coefficient (Wildman–Crippen LogP) is 2.20. The molecule has 6 nitrogen and oxygen atoms in total. The van der Waals surface area contributed by atoms with E-state index in [4.69, 9.17) is 16.4 Å². The van der Waals surface area contributed by atoms with Crippen molar-refractivity contribution in [1.29, 1.82) is 0 Å². The van der Waals surface area contributed by atoms with E-state index in [9.17, 15) is 9.59 Å². The Morgan fingerprint density at radius 3 is 2.25 bits per heavy atom. The average molecular weight is 402 g/mol. The predicted molar refractivity (Wildman–Crippen MR) is 106 cm³/mol. The van der Waals surface area contributed by atoms with Gasteiger partial charge in [-0.3, -0.25) is 19.3 Å². The quantitative estimate of drug-likeness (QED) is 0.559. The Morgan fingerprint density at radius 2 is 1.61 bits per heavy atom. The molecule has 4 aliphatic rings. The van der Waals surface area contributed by atoms with E-state index in [2.05, 4.69) is 22.0 Å². The van der Waals surface area contributed by atoms with Gasteiger partial charge in [0.25, 0.3) is 11.8 Å². The molecule has 5 rings (SSSR count). The summed E-state index contributed by atoms with van der Waals surface area (Å²) >= 11 is 6.29. The molecule has 0 N–H and O–H groups in total. The number of anilines is 1. The number of hydrogen-bond acceptors (Lipinski definition) is 5. The van der Waals surface area contributed by atoms with Crippen molar-refractivity contribution < 1.29 is 14.4 Å². The van der Waals surface area contributed by atoms with Crippen LogP contribution in [0.5, 0.6) is 0 Å². The minimum atomic E-state index is -0.193. The first-order valence-corrected chi connectivity index (χ1v) is 10.4. The van der Waals surface area contributed by atoms with Gasteiger partial charge in [-0.05, 0) is 30.4 Å². The van der Waals surface area contributed by atoms with Crippen LogP contribution in [0.3, 0.4) is 0 Å². The zero-order valence-electron chi connectivity index (χ0n) is 15.7. The molecule has 0 radical (unpaired) electrons. The van der Waals surface area contributed by atoms with Crippen LogP contribution in [0.15, 0.2) is 36.4 Å². The summed E-state index contributed by atoms with van der Waals surface area (Å²) in [7, 11) is 0. The van der Waals surface area contributed by atoms with Gasteiger partial charge in [-0.25, -0.2) is 0 Å². The fourth-order valence-electron chi connectivity index (χ4n) is 5.18. The molecule has 28 heavy (non-hydrogen) atoms. The number of fused-ring (bicyclic) bond motifs is 5. The average Bonchev–Trinajstić information content (AvgIpc) is 3.39. The number of halogens is 1. The maximum absolute atomic E-state index is 12.6. The highest BCUT2D eigenvalue weighted by Crippen LogP contribution is 2.52. The number of rotatable bonds is 5. The molecule has 1 saturated carbocycles. The highest BCUT2D eigenvalue weighted by molar-refractivity contribution is 6.33. The van der Waals surface area contributed by atoms with Gasteiger partial charge in [-0.1, -0.05) is 35.9 Å². The fourth-order valence-corrected chi connectivity index (χ4v) is 5.44. The first-order chi connectivity index (χ1) is 13.6. The van der Waals surface area contributed by atoms with Gasteiger partial charge in [-0.15, -0.1) is 0 Å². The minimum absolute atomic E-state index is 0.143. The second-order valence-corrected chi connectivity index (χ2v) is 8.49. The zero-order valence-corrected chi connectivity index (χ0v) is 16.4. The Balaban J connectivity index is 1.11. The molecule has 2 bridgehead atoms. The molecule has 1 aromatic carbocycles. The van der Waals surface area contributed by atoms with Gasteiger partial charge in [0, 0.05) is 32.7 Å². The van der Waals surface area contributed by atoms with Crippen LogP contribution in [0.2, 0.25) is 5.02 Å². The lowest BCUT2D eigenvalue weighted by Crippen LogP contribution is -2.48. The molecule has 2 aliphatic heterocycles. The number of piperazine rings is 1. The maximum Gasteiger partial charge on any atom is 0.258 e. The summed E-state index contributed by atoms with van der Waals surface area (Å²) in [6.45, 7) is 4.64. The van der Waals surface area contributed by atoms with E-state index in [0.717, 1.165) is 48.4 Å². The van der Waals surface area contributed by atoms with Crippen LogP contribution in [-0.2, 0) is 14.4 Å². The molecule has 2 saturated heterocycles. The lowest BCUT2D eigenvalue weighted by atomic mass is 9.85. The van der Waals surface area contributed by atoms with E-state index in [1.165, 1.54) is 0 Å². The number of imide groups is 1. The van der Waals surface area contributed by atoms with Crippen LogP contribution < -0.4 is 4.90 Å². The second-order valence-electron chi connectivity index (χ2n) is 8.08. The monoisotopic (exact) mass is 401 g/mol. The first-order valence-electron chi connectivity index (χ1n) is 10.0. The van der Waals surface area contributed by atoms with Crippen LogP contribution in [0.4, 0.5) is 5.69 Å². The van der Waals surface area contributed by atoms with Gasteiger partial charge in [0.05, 0.1) is 29.2 Å². The van der Waals surface area contributed by atoms with Crippen LogP contribution in [-0.4, -0.2) is 61.1 Å². The Morgan fingerprint density at radius 1 is 0.964 bits per heavy atom. The van der Waals surface area contributed by atoms with Crippen molar-refractivity contribution in [2.75, 3.05) is 44.2 Å². The number of nitrogens with zero attached hydrogens (tertiary/aromatic N) is 3. The summed E-state index contributed by atoms with van der Waals surface area (Å²) in [5.41, 5.74) is 1.07. The number of para-hydroxylation sites is 1. The summed E-state index contributed by atoms with van der Waals surface area (Å²) in [5.74, 6) is -0.231. The third-order valence-electron chi connectivity index (χ3n) is 6.62. The van der Waals surface area contributed by atoms with Crippen molar-refractivity contribution in [3.63, 3.8) is 0 Å². The summed E-state index contributed by atoms with van der Waals surface area (Å²) in [5, 5.41) is 1.83. The summed E-state index contributed by atoms with van der Waals surface area (Å²) < 4.78 is 0. The largest absolute Gasteiger partial charge is 0.368 e. The van der Waals surface area contributed by atoms with E-state index < -0.39 is 0 Å². The third-order valence-corrected chi connectivity index (χ3v) is 6.94. The van der Waals surface area contributed by atoms with Crippen molar-refractivity contribution >= 4 is 29.1 Å². The highest BCUT2D eigenvalue weighted by atomic mass is 35.5. The van der Waals surface area contributed by atoms with Gasteiger partial charge >= 0.3 is 0 Å². The molecule has 0 spiro atoms. The Kier molecular flexibility index (Phi) is 4.65. The molecule has 4 atom stereocenters. The van der Waals surface area contributed by atoms with Gasteiger partial charge in [-0.2, -0.15) is 5.06 Å². The molecule has 2 aliphatic carbocycles. The Hall–Kier alpha value is -1.89. The van der Waals surface area contributed by atoms with Crippen molar-refractivity contribution in [3.8, 4) is 0 Å². The molecule has 1 aromatic rings. The molecule has 2 amide bonds. The molecule has 2 unspecified atom stereocenters. The van der Waals surface area contributed by atoms with Crippen molar-refractivity contribution in [2.45, 2.75) is 6.42 Å². The van der Waals surface area contributed by atoms with Crippen LogP contribution in [0, 0.1) is 23.7 Å². The molecule has 0 aromatic heterocycles. The fraction of sp³-hybridized carbons (Fsp3) is 0.524. The Bertz CT molecular complexity index is 791. The minimum Gasteiger partial charge on any atom is -0.368 e. The standard InChI is InChI=1S/C21H24ClN3O3/c22-16-3-1-2-4-17(16)24-9-7-23(8-10-24)11-12-28-25-20(26)18-14-5-6-15(13-14)19(18)21(25)27/h1-6,14-15,18-19H,7-13H2/t14-,15+,18?,19?. The molecule has 148 valence electrons. The number of amides is 2. The number of benzene rings is 1. The molecular weight excluding hydrogens is 378 g/mol. The molecule has 2 heterocycles. The lowest BCUT2D eigenvalue weighted by Gasteiger charge is -2.36. The zero-order chi connectivity index (χ0) is 19.3. The lowest BCUT2D eigenvalue weighted by molar-refractivity contribution is -0.191. The molecular formula is C21H24ClN3O3. The highest BCUT2D eigenvalue weighted by Gasteiger charge is 2.60. The van der Waals surface area contributed by atoms with E-state index in [1.807, 2.05) is 24.3 Å². The normalized spacial score (nSPS) is 31.9. The summed E-state index contributed by atoms with van der Waals surface area (Å²) in [4.78, 5) is 35.5.